The first-order chi connectivity index (χ1) is 10.6. The Labute approximate surface area is 134 Å². The van der Waals surface area contributed by atoms with Crippen molar-refractivity contribution in [1.82, 2.24) is 5.32 Å². The van der Waals surface area contributed by atoms with Crippen LogP contribution >= 0.6 is 11.6 Å². The smallest absolute Gasteiger partial charge is 0.224 e. The summed E-state index contributed by atoms with van der Waals surface area (Å²) < 4.78 is 0. The lowest BCUT2D eigenvalue weighted by Crippen LogP contribution is -2.45. The van der Waals surface area contributed by atoms with Gasteiger partial charge in [0.25, 0.3) is 0 Å². The van der Waals surface area contributed by atoms with Gasteiger partial charge in [-0.1, -0.05) is 35.9 Å². The van der Waals surface area contributed by atoms with Gasteiger partial charge >= 0.3 is 0 Å². The van der Waals surface area contributed by atoms with Crippen molar-refractivity contribution in [2.45, 2.75) is 12.8 Å². The van der Waals surface area contributed by atoms with Crippen molar-refractivity contribution in [2.24, 2.45) is 23.7 Å². The Morgan fingerprint density at radius 1 is 1.14 bits per heavy atom. The molecule has 2 aliphatic rings. The first-order valence-electron chi connectivity index (χ1n) is 7.47. The third-order valence-electron chi connectivity index (χ3n) is 4.66. The van der Waals surface area contributed by atoms with Crippen molar-refractivity contribution in [3.8, 4) is 0 Å². The second-order valence-electron chi connectivity index (χ2n) is 5.99. The SMILES string of the molecule is O=C([O-])[C@H]1[C@H](C(=O)NCCc2ccc(Cl)cc2)[C@H]2C=C[C@@H]1C2. The number of amides is 1. The summed E-state index contributed by atoms with van der Waals surface area (Å²) in [5, 5.41) is 14.8. The monoisotopic (exact) mass is 318 g/mol. The van der Waals surface area contributed by atoms with Gasteiger partial charge in [0.2, 0.25) is 5.91 Å². The van der Waals surface area contributed by atoms with Gasteiger partial charge in [-0.2, -0.15) is 0 Å². The predicted molar refractivity (Wildman–Crippen MR) is 80.9 cm³/mol. The van der Waals surface area contributed by atoms with E-state index in [0.29, 0.717) is 18.0 Å². The third kappa shape index (κ3) is 2.88. The molecule has 0 aliphatic heterocycles. The number of nitrogens with one attached hydrogen (secondary N) is 1. The lowest BCUT2D eigenvalue weighted by molar-refractivity contribution is -0.313. The van der Waals surface area contributed by atoms with E-state index in [4.69, 9.17) is 11.6 Å². The Balaban J connectivity index is 1.56. The molecule has 5 heteroatoms. The molecule has 3 rings (SSSR count). The van der Waals surface area contributed by atoms with Crippen LogP contribution in [0.1, 0.15) is 12.0 Å². The quantitative estimate of drug-likeness (QED) is 0.829. The van der Waals surface area contributed by atoms with E-state index in [9.17, 15) is 14.7 Å². The number of hydrogen-bond donors (Lipinski definition) is 1. The van der Waals surface area contributed by atoms with E-state index in [1.165, 1.54) is 0 Å². The molecule has 1 aromatic rings. The molecule has 0 radical (unpaired) electrons. The minimum atomic E-state index is -1.12. The molecule has 1 amide bonds. The third-order valence-corrected chi connectivity index (χ3v) is 4.91. The summed E-state index contributed by atoms with van der Waals surface area (Å²) in [5.41, 5.74) is 1.08. The van der Waals surface area contributed by atoms with Crippen molar-refractivity contribution >= 4 is 23.5 Å². The molecule has 0 heterocycles. The van der Waals surface area contributed by atoms with E-state index >= 15 is 0 Å². The fraction of sp³-hybridized carbons (Fsp3) is 0.412. The highest BCUT2D eigenvalue weighted by molar-refractivity contribution is 6.30. The maximum atomic E-state index is 12.3. The first kappa shape index (κ1) is 15.1. The summed E-state index contributed by atoms with van der Waals surface area (Å²) in [6, 6.07) is 7.45. The minimum absolute atomic E-state index is 0.0310. The van der Waals surface area contributed by atoms with E-state index in [0.717, 1.165) is 12.0 Å². The van der Waals surface area contributed by atoms with E-state index in [1.54, 1.807) is 0 Å². The molecule has 0 unspecified atom stereocenters. The molecular formula is C17H17ClNO3-. The molecule has 1 fully saturated rings. The molecule has 116 valence electrons. The number of allylic oxidation sites excluding steroid dienone is 2. The standard InChI is InChI=1S/C17H18ClNO3/c18-13-5-1-10(2-6-13)7-8-19-16(20)14-11-3-4-12(9-11)15(14)17(21)22/h1-6,11-12,14-15H,7-9H2,(H,19,20)(H,21,22)/p-1/t11-,12+,14+,15+/m0/s1. The number of hydrogen-bond acceptors (Lipinski definition) is 3. The van der Waals surface area contributed by atoms with E-state index in [2.05, 4.69) is 5.32 Å². The molecular weight excluding hydrogens is 302 g/mol. The number of benzene rings is 1. The van der Waals surface area contributed by atoms with Gasteiger partial charge in [0, 0.05) is 23.5 Å². The van der Waals surface area contributed by atoms with Crippen molar-refractivity contribution in [1.29, 1.82) is 0 Å². The summed E-state index contributed by atoms with van der Waals surface area (Å²) in [6.45, 7) is 0.484. The van der Waals surface area contributed by atoms with Gasteiger partial charge in [0.1, 0.15) is 0 Å². The maximum absolute atomic E-state index is 12.3. The van der Waals surface area contributed by atoms with E-state index in [-0.39, 0.29) is 17.7 Å². The molecule has 1 aromatic carbocycles. The minimum Gasteiger partial charge on any atom is -0.550 e. The first-order valence-corrected chi connectivity index (χ1v) is 7.85. The van der Waals surface area contributed by atoms with Gasteiger partial charge in [0.15, 0.2) is 0 Å². The predicted octanol–water partition coefficient (Wildman–Crippen LogP) is 1.19. The number of rotatable bonds is 5. The largest absolute Gasteiger partial charge is 0.550 e. The zero-order chi connectivity index (χ0) is 15.7. The molecule has 0 saturated heterocycles. The van der Waals surface area contributed by atoms with Crippen LogP contribution in [0.4, 0.5) is 0 Å². The van der Waals surface area contributed by atoms with Crippen LogP contribution in [0.15, 0.2) is 36.4 Å². The van der Waals surface area contributed by atoms with Crippen molar-refractivity contribution in [3.05, 3.63) is 47.0 Å². The van der Waals surface area contributed by atoms with Crippen LogP contribution < -0.4 is 10.4 Å². The Hall–Kier alpha value is -1.81. The Morgan fingerprint density at radius 3 is 2.41 bits per heavy atom. The van der Waals surface area contributed by atoms with Gasteiger partial charge in [0.05, 0.1) is 5.92 Å². The summed E-state index contributed by atoms with van der Waals surface area (Å²) in [5.74, 6) is -2.50. The van der Waals surface area contributed by atoms with Crippen molar-refractivity contribution < 1.29 is 14.7 Å². The fourth-order valence-electron chi connectivity index (χ4n) is 3.60. The summed E-state index contributed by atoms with van der Waals surface area (Å²) in [7, 11) is 0. The van der Waals surface area contributed by atoms with Crippen molar-refractivity contribution in [2.75, 3.05) is 6.54 Å². The van der Waals surface area contributed by atoms with Gasteiger partial charge in [-0.3, -0.25) is 4.79 Å². The topological polar surface area (TPSA) is 69.2 Å². The highest BCUT2D eigenvalue weighted by Crippen LogP contribution is 2.47. The van der Waals surface area contributed by atoms with Gasteiger partial charge in [-0.25, -0.2) is 0 Å². The highest BCUT2D eigenvalue weighted by atomic mass is 35.5. The van der Waals surface area contributed by atoms with E-state index < -0.39 is 17.8 Å². The number of carbonyl (C=O) groups is 2. The van der Waals surface area contributed by atoms with Gasteiger partial charge < -0.3 is 15.2 Å². The van der Waals surface area contributed by atoms with Gasteiger partial charge in [-0.05, 0) is 42.4 Å². The Kier molecular flexibility index (Phi) is 4.21. The van der Waals surface area contributed by atoms with Crippen LogP contribution in [0.2, 0.25) is 5.02 Å². The van der Waals surface area contributed by atoms with E-state index in [1.807, 2.05) is 36.4 Å². The molecule has 1 saturated carbocycles. The lowest BCUT2D eigenvalue weighted by Gasteiger charge is -2.27. The zero-order valence-corrected chi connectivity index (χ0v) is 12.8. The van der Waals surface area contributed by atoms with Crippen LogP contribution in [-0.4, -0.2) is 18.4 Å². The average molecular weight is 319 g/mol. The number of halogens is 1. The Bertz CT molecular complexity index is 611. The number of carbonyl (C=O) groups excluding carboxylic acids is 2. The normalized spacial score (nSPS) is 28.8. The number of carboxylic acids is 1. The Morgan fingerprint density at radius 2 is 1.77 bits per heavy atom. The molecule has 2 bridgehead atoms. The molecule has 0 spiro atoms. The zero-order valence-electron chi connectivity index (χ0n) is 12.0. The lowest BCUT2D eigenvalue weighted by atomic mass is 9.82. The van der Waals surface area contributed by atoms with Crippen LogP contribution in [0.5, 0.6) is 0 Å². The van der Waals surface area contributed by atoms with Crippen LogP contribution in [0.25, 0.3) is 0 Å². The second-order valence-corrected chi connectivity index (χ2v) is 6.42. The average Bonchev–Trinajstić information content (AvgIpc) is 3.09. The molecule has 0 aromatic heterocycles. The molecule has 1 N–H and O–H groups in total. The molecule has 22 heavy (non-hydrogen) atoms. The van der Waals surface area contributed by atoms with Crippen molar-refractivity contribution in [3.63, 3.8) is 0 Å². The summed E-state index contributed by atoms with van der Waals surface area (Å²) in [4.78, 5) is 23.6. The highest BCUT2D eigenvalue weighted by Gasteiger charge is 2.48. The summed E-state index contributed by atoms with van der Waals surface area (Å²) >= 11 is 5.83. The number of aliphatic carboxylic acids is 1. The van der Waals surface area contributed by atoms with Crippen LogP contribution in [0.3, 0.4) is 0 Å². The van der Waals surface area contributed by atoms with Gasteiger partial charge in [-0.15, -0.1) is 0 Å². The van der Waals surface area contributed by atoms with Crippen LogP contribution in [0, 0.1) is 23.7 Å². The maximum Gasteiger partial charge on any atom is 0.224 e. The molecule has 4 atom stereocenters. The number of fused-ring (bicyclic) bond motifs is 2. The number of carboxylic acid groups (broad SMARTS) is 1. The summed E-state index contributed by atoms with van der Waals surface area (Å²) in [6.07, 6.45) is 5.31. The molecule has 2 aliphatic carbocycles. The molecule has 4 nitrogen and oxygen atoms in total. The fourth-order valence-corrected chi connectivity index (χ4v) is 3.73. The van der Waals surface area contributed by atoms with Crippen LogP contribution in [-0.2, 0) is 16.0 Å². The second kappa shape index (κ2) is 6.13.